The third kappa shape index (κ3) is 3.32. The summed E-state index contributed by atoms with van der Waals surface area (Å²) in [5.41, 5.74) is 0.814. The summed E-state index contributed by atoms with van der Waals surface area (Å²) in [7, 11) is -3.13. The summed E-state index contributed by atoms with van der Waals surface area (Å²) in [4.78, 5) is 0.447. The first-order valence-electron chi connectivity index (χ1n) is 5.07. The largest absolute Gasteiger partial charge is 0.316 e. The van der Waals surface area contributed by atoms with Gasteiger partial charge in [0.05, 0.1) is 10.6 Å². The van der Waals surface area contributed by atoms with Crippen molar-refractivity contribution in [1.29, 1.82) is 0 Å². The van der Waals surface area contributed by atoms with Crippen LogP contribution in [0.2, 0.25) is 0 Å². The van der Waals surface area contributed by atoms with Crippen molar-refractivity contribution in [2.24, 2.45) is 0 Å². The Morgan fingerprint density at radius 2 is 1.93 bits per heavy atom. The van der Waals surface area contributed by atoms with E-state index in [1.165, 1.54) is 0 Å². The summed E-state index contributed by atoms with van der Waals surface area (Å²) >= 11 is 0. The van der Waals surface area contributed by atoms with Gasteiger partial charge < -0.3 is 5.32 Å². The highest BCUT2D eigenvalue weighted by molar-refractivity contribution is 7.91. The molecule has 0 radical (unpaired) electrons. The van der Waals surface area contributed by atoms with Crippen LogP contribution in [-0.2, 0) is 9.84 Å². The Balaban J connectivity index is 2.83. The standard InChI is InChI=1S/C11H17NO2S/c1-3-12-8-9-15(13,14)11-7-5-4-6-10(11)2/h4-7,12H,3,8-9H2,1-2H3. The van der Waals surface area contributed by atoms with Crippen LogP contribution in [0, 0.1) is 6.92 Å². The molecule has 1 aromatic rings. The van der Waals surface area contributed by atoms with Crippen molar-refractivity contribution >= 4 is 9.84 Å². The molecular formula is C11H17NO2S. The summed E-state index contributed by atoms with van der Waals surface area (Å²) in [6.07, 6.45) is 0. The van der Waals surface area contributed by atoms with E-state index in [1.54, 1.807) is 12.1 Å². The van der Waals surface area contributed by atoms with E-state index in [1.807, 2.05) is 26.0 Å². The lowest BCUT2D eigenvalue weighted by Gasteiger charge is -2.07. The van der Waals surface area contributed by atoms with Gasteiger partial charge in [-0.1, -0.05) is 25.1 Å². The Kier molecular flexibility index (Phi) is 4.29. The Morgan fingerprint density at radius 3 is 2.53 bits per heavy atom. The molecule has 0 fully saturated rings. The SMILES string of the molecule is CCNCCS(=O)(=O)c1ccccc1C. The lowest BCUT2D eigenvalue weighted by atomic mass is 10.2. The number of hydrogen-bond donors (Lipinski definition) is 1. The predicted molar refractivity (Wildman–Crippen MR) is 61.8 cm³/mol. The molecule has 0 saturated carbocycles. The average Bonchev–Trinajstić information content (AvgIpc) is 2.18. The minimum atomic E-state index is -3.13. The van der Waals surface area contributed by atoms with E-state index in [9.17, 15) is 8.42 Å². The topological polar surface area (TPSA) is 46.2 Å². The fourth-order valence-electron chi connectivity index (χ4n) is 1.40. The first-order valence-corrected chi connectivity index (χ1v) is 6.72. The number of benzene rings is 1. The van der Waals surface area contributed by atoms with Crippen LogP contribution in [-0.4, -0.2) is 27.3 Å². The number of sulfone groups is 1. The molecule has 0 aliphatic heterocycles. The molecule has 0 atom stereocenters. The maximum atomic E-state index is 11.9. The Morgan fingerprint density at radius 1 is 1.27 bits per heavy atom. The Hall–Kier alpha value is -0.870. The van der Waals surface area contributed by atoms with Crippen LogP contribution in [0.4, 0.5) is 0 Å². The summed E-state index contributed by atoms with van der Waals surface area (Å²) in [5.74, 6) is 0.158. The van der Waals surface area contributed by atoms with Crippen LogP contribution in [0.1, 0.15) is 12.5 Å². The van der Waals surface area contributed by atoms with E-state index in [2.05, 4.69) is 5.32 Å². The fraction of sp³-hybridized carbons (Fsp3) is 0.455. The zero-order chi connectivity index (χ0) is 11.3. The minimum Gasteiger partial charge on any atom is -0.316 e. The van der Waals surface area contributed by atoms with Gasteiger partial charge in [0.2, 0.25) is 0 Å². The molecule has 84 valence electrons. The predicted octanol–water partition coefficient (Wildman–Crippen LogP) is 1.38. The maximum absolute atomic E-state index is 11.9. The monoisotopic (exact) mass is 227 g/mol. The van der Waals surface area contributed by atoms with Gasteiger partial charge >= 0.3 is 0 Å². The average molecular weight is 227 g/mol. The van der Waals surface area contributed by atoms with Gasteiger partial charge in [-0.3, -0.25) is 0 Å². The number of aryl methyl sites for hydroxylation is 1. The first kappa shape index (κ1) is 12.2. The van der Waals surface area contributed by atoms with Crippen LogP contribution in [0.15, 0.2) is 29.2 Å². The van der Waals surface area contributed by atoms with Crippen molar-refractivity contribution in [3.8, 4) is 0 Å². The fourth-order valence-corrected chi connectivity index (χ4v) is 2.88. The maximum Gasteiger partial charge on any atom is 0.179 e. The van der Waals surface area contributed by atoms with Gasteiger partial charge in [-0.05, 0) is 25.1 Å². The van der Waals surface area contributed by atoms with Crippen LogP contribution >= 0.6 is 0 Å². The van der Waals surface area contributed by atoms with E-state index in [-0.39, 0.29) is 5.75 Å². The van der Waals surface area contributed by atoms with Gasteiger partial charge in [0.25, 0.3) is 0 Å². The number of rotatable bonds is 5. The molecule has 0 spiro atoms. The molecule has 0 aliphatic carbocycles. The molecular weight excluding hydrogens is 210 g/mol. The van der Waals surface area contributed by atoms with Gasteiger partial charge in [0, 0.05) is 6.54 Å². The Labute approximate surface area is 91.4 Å². The molecule has 0 bridgehead atoms. The van der Waals surface area contributed by atoms with Gasteiger partial charge in [0.15, 0.2) is 9.84 Å². The molecule has 0 saturated heterocycles. The first-order chi connectivity index (χ1) is 7.08. The van der Waals surface area contributed by atoms with E-state index in [4.69, 9.17) is 0 Å². The van der Waals surface area contributed by atoms with Crippen molar-refractivity contribution in [2.45, 2.75) is 18.7 Å². The summed E-state index contributed by atoms with van der Waals surface area (Å²) < 4.78 is 23.8. The molecule has 0 aliphatic rings. The van der Waals surface area contributed by atoms with E-state index >= 15 is 0 Å². The van der Waals surface area contributed by atoms with Gasteiger partial charge in [0.1, 0.15) is 0 Å². The second kappa shape index (κ2) is 5.28. The second-order valence-corrected chi connectivity index (χ2v) is 5.52. The normalized spacial score (nSPS) is 11.6. The second-order valence-electron chi connectivity index (χ2n) is 3.44. The van der Waals surface area contributed by atoms with Crippen molar-refractivity contribution in [2.75, 3.05) is 18.8 Å². The highest BCUT2D eigenvalue weighted by Gasteiger charge is 2.15. The third-order valence-electron chi connectivity index (χ3n) is 2.23. The molecule has 4 heteroatoms. The van der Waals surface area contributed by atoms with Gasteiger partial charge in [-0.15, -0.1) is 0 Å². The summed E-state index contributed by atoms with van der Waals surface area (Å²) in [6.45, 7) is 5.08. The van der Waals surface area contributed by atoms with Crippen molar-refractivity contribution in [3.63, 3.8) is 0 Å². The lowest BCUT2D eigenvalue weighted by molar-refractivity contribution is 0.591. The summed E-state index contributed by atoms with van der Waals surface area (Å²) in [5, 5.41) is 3.01. The molecule has 1 aromatic carbocycles. The molecule has 0 heterocycles. The summed E-state index contributed by atoms with van der Waals surface area (Å²) in [6, 6.07) is 7.09. The van der Waals surface area contributed by atoms with Gasteiger partial charge in [-0.25, -0.2) is 8.42 Å². The molecule has 0 unspecified atom stereocenters. The highest BCUT2D eigenvalue weighted by Crippen LogP contribution is 2.15. The van der Waals surface area contributed by atoms with Crippen LogP contribution < -0.4 is 5.32 Å². The number of nitrogens with one attached hydrogen (secondary N) is 1. The lowest BCUT2D eigenvalue weighted by Crippen LogP contribution is -2.23. The van der Waals surface area contributed by atoms with E-state index in [0.29, 0.717) is 11.4 Å². The van der Waals surface area contributed by atoms with E-state index in [0.717, 1.165) is 12.1 Å². The van der Waals surface area contributed by atoms with Gasteiger partial charge in [-0.2, -0.15) is 0 Å². The smallest absolute Gasteiger partial charge is 0.179 e. The van der Waals surface area contributed by atoms with Crippen molar-refractivity contribution in [1.82, 2.24) is 5.32 Å². The highest BCUT2D eigenvalue weighted by atomic mass is 32.2. The molecule has 3 nitrogen and oxygen atoms in total. The Bertz CT molecular complexity index is 412. The molecule has 0 aromatic heterocycles. The quantitative estimate of drug-likeness (QED) is 0.773. The van der Waals surface area contributed by atoms with Crippen LogP contribution in [0.5, 0.6) is 0 Å². The molecule has 1 N–H and O–H groups in total. The van der Waals surface area contributed by atoms with E-state index < -0.39 is 9.84 Å². The molecule has 15 heavy (non-hydrogen) atoms. The zero-order valence-corrected chi connectivity index (χ0v) is 9.97. The van der Waals surface area contributed by atoms with Crippen molar-refractivity contribution in [3.05, 3.63) is 29.8 Å². The number of hydrogen-bond acceptors (Lipinski definition) is 3. The third-order valence-corrected chi connectivity index (χ3v) is 4.10. The molecule has 1 rings (SSSR count). The van der Waals surface area contributed by atoms with Crippen LogP contribution in [0.25, 0.3) is 0 Å². The minimum absolute atomic E-state index is 0.158. The molecule has 0 amide bonds. The van der Waals surface area contributed by atoms with Crippen LogP contribution in [0.3, 0.4) is 0 Å². The van der Waals surface area contributed by atoms with Crippen molar-refractivity contribution < 1.29 is 8.42 Å². The zero-order valence-electron chi connectivity index (χ0n) is 9.16.